The van der Waals surface area contributed by atoms with E-state index in [1.807, 2.05) is 0 Å². The molecule has 0 radical (unpaired) electrons. The van der Waals surface area contributed by atoms with Crippen LogP contribution in [0.15, 0.2) is 54.6 Å². The van der Waals surface area contributed by atoms with Gasteiger partial charge in [0.15, 0.2) is 69.8 Å². The SMILES string of the molecule is C[S+](C)Cc1c2ccccc2cc2ccccc12.Fc1c(F)c(F)c([B-](c2c(F)c(F)c(F)c(F)c2F)(c2c(F)c(F)c(F)c(F)c2F)c2c(F)c(F)c(F)c(F)c2F)c(F)c1F. The molecule has 330 valence electrons. The van der Waals surface area contributed by atoms with Crippen molar-refractivity contribution >= 4 is 60.4 Å². The third-order valence-electron chi connectivity index (χ3n) is 10.0. The minimum Gasteiger partial charge on any atom is -0.207 e. The largest absolute Gasteiger partial charge is 0.207 e. The van der Waals surface area contributed by atoms with Crippen LogP contribution in [0.4, 0.5) is 87.8 Å². The van der Waals surface area contributed by atoms with E-state index in [1.54, 1.807) is 0 Å². The van der Waals surface area contributed by atoms with Crippen LogP contribution in [0.2, 0.25) is 0 Å². The molecule has 0 spiro atoms. The minimum absolute atomic E-state index is 0.421. The topological polar surface area (TPSA) is 0 Å². The highest BCUT2D eigenvalue weighted by molar-refractivity contribution is 7.94. The molecule has 0 saturated carbocycles. The standard InChI is InChI=1S/C24BF20.C17H17S/c26-5-1(6(27)14(35)21(42)13(5)34)25(2-7(28)15(36)22(43)16(37)8(2)29,3-9(30)17(38)23(44)18(39)10(3)31)4-11(32)19(40)24(45)20(41)12(4)33;1-18(2)12-17-15-9-5-3-7-13(15)11-14-8-4-6-10-16(14)17/h;3-11H,12H2,1-2H3/q-1;+1. The molecular formula is C41H17BF20S. The van der Waals surface area contributed by atoms with Gasteiger partial charge in [0.2, 0.25) is 0 Å². The first-order valence-corrected chi connectivity index (χ1v) is 19.3. The Labute approximate surface area is 342 Å². The van der Waals surface area contributed by atoms with E-state index < -0.39 is 144 Å². The van der Waals surface area contributed by atoms with E-state index in [0.717, 1.165) is 0 Å². The predicted molar refractivity (Wildman–Crippen MR) is 194 cm³/mol. The quantitative estimate of drug-likeness (QED) is 0.0389. The Balaban J connectivity index is 0.000000302. The van der Waals surface area contributed by atoms with Gasteiger partial charge in [0.25, 0.3) is 0 Å². The smallest absolute Gasteiger partial charge is 0.200 e. The molecule has 0 N–H and O–H groups in total. The Morgan fingerprint density at radius 2 is 0.524 bits per heavy atom. The first-order chi connectivity index (χ1) is 29.5. The van der Waals surface area contributed by atoms with Crippen LogP contribution in [0.5, 0.6) is 0 Å². The predicted octanol–water partition coefficient (Wildman–Crippen LogP) is 10.2. The van der Waals surface area contributed by atoms with E-state index in [4.69, 9.17) is 0 Å². The summed E-state index contributed by atoms with van der Waals surface area (Å²) in [7, 11) is 0.421. The molecule has 7 aromatic carbocycles. The van der Waals surface area contributed by atoms with Crippen LogP contribution < -0.4 is 21.9 Å². The molecular weight excluding hydrogens is 915 g/mol. The van der Waals surface area contributed by atoms with Crippen LogP contribution in [0.3, 0.4) is 0 Å². The highest BCUT2D eigenvalue weighted by Gasteiger charge is 2.52. The van der Waals surface area contributed by atoms with Crippen LogP contribution in [0.25, 0.3) is 21.5 Å². The Kier molecular flexibility index (Phi) is 12.6. The van der Waals surface area contributed by atoms with E-state index >= 15 is 35.1 Å². The molecule has 0 aromatic heterocycles. The molecule has 63 heavy (non-hydrogen) atoms. The maximum Gasteiger partial charge on any atom is 0.200 e. The third kappa shape index (κ3) is 7.09. The molecule has 0 aliphatic carbocycles. The summed E-state index contributed by atoms with van der Waals surface area (Å²) < 4.78 is 294. The lowest BCUT2D eigenvalue weighted by molar-refractivity contribution is 0.378. The van der Waals surface area contributed by atoms with Gasteiger partial charge in [-0.2, -0.15) is 0 Å². The maximum atomic E-state index is 15.4. The second kappa shape index (κ2) is 17.0. The van der Waals surface area contributed by atoms with Gasteiger partial charge in [0.1, 0.15) is 58.4 Å². The van der Waals surface area contributed by atoms with Crippen molar-refractivity contribution in [2.24, 2.45) is 0 Å². The van der Waals surface area contributed by atoms with Crippen molar-refractivity contribution in [3.05, 3.63) is 177 Å². The Morgan fingerprint density at radius 1 is 0.317 bits per heavy atom. The van der Waals surface area contributed by atoms with Crippen molar-refractivity contribution in [1.29, 1.82) is 0 Å². The Bertz CT molecular complexity index is 2590. The number of fused-ring (bicyclic) bond motifs is 2. The molecule has 0 saturated heterocycles. The summed E-state index contributed by atoms with van der Waals surface area (Å²) in [5.74, 6) is -70.2. The summed E-state index contributed by atoms with van der Waals surface area (Å²) >= 11 is 0. The molecule has 0 amide bonds. The fraction of sp³-hybridized carbons (Fsp3) is 0.0732. The third-order valence-corrected chi connectivity index (χ3v) is 10.9. The van der Waals surface area contributed by atoms with Gasteiger partial charge in [-0.1, -0.05) is 48.5 Å². The van der Waals surface area contributed by atoms with Gasteiger partial charge in [-0.3, -0.25) is 0 Å². The lowest BCUT2D eigenvalue weighted by Gasteiger charge is -2.44. The van der Waals surface area contributed by atoms with Gasteiger partial charge in [-0.05, 0) is 38.5 Å². The summed E-state index contributed by atoms with van der Waals surface area (Å²) in [6, 6.07) is 19.8. The van der Waals surface area contributed by atoms with Crippen molar-refractivity contribution in [2.75, 3.05) is 12.5 Å². The molecule has 7 rings (SSSR count). The number of hydrogen-bond acceptors (Lipinski definition) is 0. The fourth-order valence-corrected chi connectivity index (χ4v) is 8.31. The van der Waals surface area contributed by atoms with Gasteiger partial charge >= 0.3 is 0 Å². The number of halogens is 20. The van der Waals surface area contributed by atoms with Crippen molar-refractivity contribution in [1.82, 2.24) is 0 Å². The van der Waals surface area contributed by atoms with Crippen LogP contribution in [0, 0.1) is 116 Å². The molecule has 0 heterocycles. The first-order valence-electron chi connectivity index (χ1n) is 17.1. The summed E-state index contributed by atoms with van der Waals surface area (Å²) in [4.78, 5) is 0. The maximum absolute atomic E-state index is 15.4. The number of benzene rings is 7. The van der Waals surface area contributed by atoms with Gasteiger partial charge in [-0.25, -0.2) is 87.8 Å². The second-order valence-electron chi connectivity index (χ2n) is 13.7. The summed E-state index contributed by atoms with van der Waals surface area (Å²) in [6.45, 7) is 0. The zero-order valence-electron chi connectivity index (χ0n) is 30.9. The van der Waals surface area contributed by atoms with Gasteiger partial charge in [0, 0.05) is 5.56 Å². The number of rotatable bonds is 6. The minimum atomic E-state index is -7.22. The zero-order valence-corrected chi connectivity index (χ0v) is 31.8. The highest BCUT2D eigenvalue weighted by atomic mass is 32.2. The van der Waals surface area contributed by atoms with E-state index in [0.29, 0.717) is 10.9 Å². The first kappa shape index (κ1) is 46.6. The fourth-order valence-electron chi connectivity index (χ4n) is 7.43. The second-order valence-corrected chi connectivity index (χ2v) is 16.0. The lowest BCUT2D eigenvalue weighted by Crippen LogP contribution is -2.81. The molecule has 0 aliphatic heterocycles. The van der Waals surface area contributed by atoms with Crippen LogP contribution in [-0.4, -0.2) is 18.7 Å². The highest BCUT2D eigenvalue weighted by Crippen LogP contribution is 2.32. The molecule has 7 aromatic rings. The van der Waals surface area contributed by atoms with Gasteiger partial charge < -0.3 is 0 Å². The van der Waals surface area contributed by atoms with E-state index in [-0.39, 0.29) is 0 Å². The normalized spacial score (nSPS) is 11.9. The average Bonchev–Trinajstić information content (AvgIpc) is 3.26. The van der Waals surface area contributed by atoms with Crippen LogP contribution in [-0.2, 0) is 16.6 Å². The van der Waals surface area contributed by atoms with Crippen LogP contribution >= 0.6 is 0 Å². The molecule has 0 aliphatic rings. The van der Waals surface area contributed by atoms with Crippen molar-refractivity contribution in [3.8, 4) is 0 Å². The molecule has 0 fully saturated rings. The Morgan fingerprint density at radius 3 is 0.746 bits per heavy atom. The summed E-state index contributed by atoms with van der Waals surface area (Å²) in [5, 5.41) is 5.54. The molecule has 0 atom stereocenters. The summed E-state index contributed by atoms with van der Waals surface area (Å²) in [6.07, 6.45) is -2.59. The lowest BCUT2D eigenvalue weighted by atomic mass is 9.12. The van der Waals surface area contributed by atoms with Crippen LogP contribution in [0.1, 0.15) is 5.56 Å². The molecule has 22 heteroatoms. The number of hydrogen-bond donors (Lipinski definition) is 0. The monoisotopic (exact) mass is 932 g/mol. The molecule has 0 nitrogen and oxygen atoms in total. The molecule has 0 unspecified atom stereocenters. The Hall–Kier alpha value is -5.93. The van der Waals surface area contributed by atoms with Crippen molar-refractivity contribution < 1.29 is 87.8 Å². The average molecular weight is 932 g/mol. The summed E-state index contributed by atoms with van der Waals surface area (Å²) in [5.41, 5.74) is -12.8. The molecule has 0 bridgehead atoms. The van der Waals surface area contributed by atoms with Crippen molar-refractivity contribution in [3.63, 3.8) is 0 Å². The van der Waals surface area contributed by atoms with Gasteiger partial charge in [-0.15, -0.1) is 21.9 Å². The zero-order chi connectivity index (χ0) is 46.9. The van der Waals surface area contributed by atoms with E-state index in [1.165, 1.54) is 32.9 Å². The van der Waals surface area contributed by atoms with E-state index in [9.17, 15) is 52.7 Å². The van der Waals surface area contributed by atoms with E-state index in [2.05, 4.69) is 67.1 Å². The van der Waals surface area contributed by atoms with Gasteiger partial charge in [0.05, 0.1) is 12.5 Å². The van der Waals surface area contributed by atoms with Crippen molar-refractivity contribution in [2.45, 2.75) is 5.75 Å².